The van der Waals surface area contributed by atoms with Gasteiger partial charge in [-0.2, -0.15) is 0 Å². The van der Waals surface area contributed by atoms with Crippen LogP contribution in [0.2, 0.25) is 0 Å². The van der Waals surface area contributed by atoms with Gasteiger partial charge in [-0.1, -0.05) is 0 Å². The van der Waals surface area contributed by atoms with Crippen molar-refractivity contribution in [2.45, 2.75) is 19.4 Å². The van der Waals surface area contributed by atoms with E-state index in [1.807, 2.05) is 31.3 Å². The van der Waals surface area contributed by atoms with E-state index >= 15 is 0 Å². The third-order valence-electron chi connectivity index (χ3n) is 3.79. The van der Waals surface area contributed by atoms with Crippen molar-refractivity contribution in [3.8, 4) is 0 Å². The second-order valence-corrected chi connectivity index (χ2v) is 7.98. The molecule has 0 aromatic carbocycles. The van der Waals surface area contributed by atoms with Gasteiger partial charge in [-0.3, -0.25) is 4.79 Å². The van der Waals surface area contributed by atoms with Gasteiger partial charge in [0.15, 0.2) is 0 Å². The maximum atomic E-state index is 12.8. The van der Waals surface area contributed by atoms with Crippen molar-refractivity contribution in [2.75, 3.05) is 25.0 Å². The Balaban J connectivity index is 1.79. The highest BCUT2D eigenvalue weighted by molar-refractivity contribution is 9.11. The van der Waals surface area contributed by atoms with Crippen LogP contribution in [0.25, 0.3) is 0 Å². The maximum absolute atomic E-state index is 12.8. The fourth-order valence-corrected chi connectivity index (χ4v) is 4.23. The highest BCUT2D eigenvalue weighted by Gasteiger charge is 2.22. The molecule has 0 saturated carbocycles. The normalized spacial score (nSPS) is 14.4. The Bertz CT molecular complexity index is 667. The smallest absolute Gasteiger partial charge is 0.257 e. The summed E-state index contributed by atoms with van der Waals surface area (Å²) in [4.78, 5) is 22.4. The molecule has 1 aliphatic heterocycles. The number of halogens is 1. The number of nitrogens with zero attached hydrogens (tertiary/aromatic N) is 3. The van der Waals surface area contributed by atoms with Crippen LogP contribution in [0, 0.1) is 0 Å². The van der Waals surface area contributed by atoms with E-state index in [-0.39, 0.29) is 5.91 Å². The number of carbonyl (C=O) groups is 1. The molecular weight excluding hydrogens is 362 g/mol. The Labute approximate surface area is 142 Å². The van der Waals surface area contributed by atoms with Gasteiger partial charge in [0, 0.05) is 31.2 Å². The monoisotopic (exact) mass is 379 g/mol. The number of aromatic nitrogens is 1. The Morgan fingerprint density at radius 2 is 2.14 bits per heavy atom. The second kappa shape index (κ2) is 6.79. The van der Waals surface area contributed by atoms with Crippen molar-refractivity contribution >= 4 is 39.0 Å². The van der Waals surface area contributed by atoms with Crippen LogP contribution < -0.4 is 4.90 Å². The summed E-state index contributed by atoms with van der Waals surface area (Å²) in [6, 6.07) is 7.77. The zero-order chi connectivity index (χ0) is 15.5. The highest BCUT2D eigenvalue weighted by Crippen LogP contribution is 2.26. The quantitative estimate of drug-likeness (QED) is 0.810. The zero-order valence-electron chi connectivity index (χ0n) is 12.5. The zero-order valence-corrected chi connectivity index (χ0v) is 14.9. The van der Waals surface area contributed by atoms with Gasteiger partial charge in [0.2, 0.25) is 0 Å². The van der Waals surface area contributed by atoms with Crippen molar-refractivity contribution in [1.82, 2.24) is 9.88 Å². The third kappa shape index (κ3) is 3.33. The second-order valence-electron chi connectivity index (χ2n) is 5.44. The molecule has 0 bridgehead atoms. The molecule has 0 radical (unpaired) electrons. The average molecular weight is 380 g/mol. The van der Waals surface area contributed by atoms with E-state index in [1.165, 1.54) is 12.8 Å². The van der Waals surface area contributed by atoms with E-state index in [4.69, 9.17) is 0 Å². The van der Waals surface area contributed by atoms with E-state index in [0.29, 0.717) is 12.1 Å². The lowest BCUT2D eigenvalue weighted by molar-refractivity contribution is 0.0786. The lowest BCUT2D eigenvalue weighted by atomic mass is 10.2. The Hall–Kier alpha value is -1.40. The molecule has 4 nitrogen and oxygen atoms in total. The number of hydrogen-bond acceptors (Lipinski definition) is 4. The standard InChI is InChI=1S/C16H18BrN3OS/c1-19(11-12-6-7-14(17)22-12)16(21)13-5-4-8-18-15(13)20-9-2-3-10-20/h4-8H,2-3,9-11H2,1H3. The minimum atomic E-state index is 0.0273. The number of anilines is 1. The topological polar surface area (TPSA) is 36.4 Å². The summed E-state index contributed by atoms with van der Waals surface area (Å²) in [5, 5.41) is 0. The molecular formula is C16H18BrN3OS. The lowest BCUT2D eigenvalue weighted by Gasteiger charge is -2.22. The van der Waals surface area contributed by atoms with Crippen LogP contribution in [0.5, 0.6) is 0 Å². The van der Waals surface area contributed by atoms with Crippen LogP contribution in [0.15, 0.2) is 34.2 Å². The van der Waals surface area contributed by atoms with Gasteiger partial charge in [-0.25, -0.2) is 4.98 Å². The van der Waals surface area contributed by atoms with Crippen molar-refractivity contribution in [3.63, 3.8) is 0 Å². The maximum Gasteiger partial charge on any atom is 0.257 e. The Morgan fingerprint density at radius 3 is 2.82 bits per heavy atom. The van der Waals surface area contributed by atoms with Crippen LogP contribution in [-0.2, 0) is 6.54 Å². The Morgan fingerprint density at radius 1 is 1.36 bits per heavy atom. The summed E-state index contributed by atoms with van der Waals surface area (Å²) < 4.78 is 1.09. The van der Waals surface area contributed by atoms with Gasteiger partial charge in [0.1, 0.15) is 5.82 Å². The van der Waals surface area contributed by atoms with Crippen LogP contribution in [0.1, 0.15) is 28.1 Å². The molecule has 1 saturated heterocycles. The molecule has 2 aromatic heterocycles. The number of carbonyl (C=O) groups excluding carboxylic acids is 1. The van der Waals surface area contributed by atoms with Crippen LogP contribution in [0.4, 0.5) is 5.82 Å². The van der Waals surface area contributed by atoms with Gasteiger partial charge in [0.05, 0.1) is 15.9 Å². The molecule has 0 aliphatic carbocycles. The largest absolute Gasteiger partial charge is 0.356 e. The predicted molar refractivity (Wildman–Crippen MR) is 93.5 cm³/mol. The summed E-state index contributed by atoms with van der Waals surface area (Å²) in [6.45, 7) is 2.58. The average Bonchev–Trinajstić information content (AvgIpc) is 3.18. The molecule has 0 N–H and O–H groups in total. The first kappa shape index (κ1) is 15.5. The molecule has 6 heteroatoms. The molecule has 22 heavy (non-hydrogen) atoms. The fraction of sp³-hybridized carbons (Fsp3) is 0.375. The lowest BCUT2D eigenvalue weighted by Crippen LogP contribution is -2.29. The molecule has 1 fully saturated rings. The summed E-state index contributed by atoms with van der Waals surface area (Å²) in [5.74, 6) is 0.851. The van der Waals surface area contributed by atoms with Gasteiger partial charge in [0.25, 0.3) is 5.91 Å². The molecule has 2 aromatic rings. The van der Waals surface area contributed by atoms with Crippen LogP contribution in [-0.4, -0.2) is 35.9 Å². The minimum absolute atomic E-state index is 0.0273. The van der Waals surface area contributed by atoms with Gasteiger partial charge >= 0.3 is 0 Å². The van der Waals surface area contributed by atoms with E-state index in [9.17, 15) is 4.79 Å². The molecule has 0 spiro atoms. The van der Waals surface area contributed by atoms with Gasteiger partial charge in [-0.05, 0) is 53.0 Å². The molecule has 3 rings (SSSR count). The van der Waals surface area contributed by atoms with E-state index in [1.54, 1.807) is 22.4 Å². The first-order valence-corrected chi connectivity index (χ1v) is 8.96. The van der Waals surface area contributed by atoms with Crippen molar-refractivity contribution in [2.24, 2.45) is 0 Å². The predicted octanol–water partition coefficient (Wildman–Crippen LogP) is 3.78. The van der Waals surface area contributed by atoms with Crippen molar-refractivity contribution < 1.29 is 4.79 Å². The van der Waals surface area contributed by atoms with Crippen molar-refractivity contribution in [3.05, 3.63) is 44.7 Å². The van der Waals surface area contributed by atoms with E-state index < -0.39 is 0 Å². The molecule has 0 unspecified atom stereocenters. The number of rotatable bonds is 4. The summed E-state index contributed by atoms with van der Waals surface area (Å²) >= 11 is 5.11. The summed E-state index contributed by atoms with van der Waals surface area (Å²) in [5.41, 5.74) is 0.697. The number of hydrogen-bond donors (Lipinski definition) is 0. The van der Waals surface area contributed by atoms with Gasteiger partial charge in [-0.15, -0.1) is 11.3 Å². The van der Waals surface area contributed by atoms with E-state index in [0.717, 1.165) is 27.6 Å². The van der Waals surface area contributed by atoms with Gasteiger partial charge < -0.3 is 9.80 Å². The summed E-state index contributed by atoms with van der Waals surface area (Å²) in [7, 11) is 1.84. The number of amides is 1. The third-order valence-corrected chi connectivity index (χ3v) is 5.40. The highest BCUT2D eigenvalue weighted by atomic mass is 79.9. The molecule has 1 aliphatic rings. The minimum Gasteiger partial charge on any atom is -0.356 e. The molecule has 1 amide bonds. The first-order valence-electron chi connectivity index (χ1n) is 7.35. The molecule has 3 heterocycles. The first-order chi connectivity index (χ1) is 10.6. The Kier molecular flexibility index (Phi) is 4.78. The molecule has 0 atom stereocenters. The van der Waals surface area contributed by atoms with E-state index in [2.05, 4.69) is 25.8 Å². The summed E-state index contributed by atoms with van der Waals surface area (Å²) in [6.07, 6.45) is 4.10. The van der Waals surface area contributed by atoms with Crippen LogP contribution >= 0.6 is 27.3 Å². The number of pyridine rings is 1. The van der Waals surface area contributed by atoms with Crippen LogP contribution in [0.3, 0.4) is 0 Å². The molecule has 116 valence electrons. The number of thiophene rings is 1. The van der Waals surface area contributed by atoms with Crippen molar-refractivity contribution in [1.29, 1.82) is 0 Å². The SMILES string of the molecule is CN(Cc1ccc(Br)s1)C(=O)c1cccnc1N1CCCC1. The fourth-order valence-electron chi connectivity index (χ4n) is 2.69.